The summed E-state index contributed by atoms with van der Waals surface area (Å²) in [4.78, 5) is 0. The van der Waals surface area contributed by atoms with Gasteiger partial charge in [-0.1, -0.05) is 26.8 Å². The molecule has 0 aromatic heterocycles. The van der Waals surface area contributed by atoms with Crippen molar-refractivity contribution in [2.24, 2.45) is 5.41 Å². The summed E-state index contributed by atoms with van der Waals surface area (Å²) in [6.45, 7) is 7.70. The minimum Gasteiger partial charge on any atom is -0.399 e. The van der Waals surface area contributed by atoms with Crippen LogP contribution in [0.1, 0.15) is 27.2 Å². The number of nitrogens with one attached hydrogen (secondary N) is 1. The van der Waals surface area contributed by atoms with Crippen LogP contribution in [0.4, 0.5) is 11.4 Å². The number of nitrogens with two attached hydrogens (primary N) is 1. The Morgan fingerprint density at radius 2 is 2.07 bits per heavy atom. The zero-order valence-corrected chi connectivity index (χ0v) is 9.30. The standard InChI is InChI=1S/C12H20N2/c1-4-12(2,3)9-14-11-7-5-6-10(13)8-11/h5-8,14H,4,9,13H2,1-3H3. The number of rotatable bonds is 4. The lowest BCUT2D eigenvalue weighted by Gasteiger charge is -2.23. The zero-order valence-electron chi connectivity index (χ0n) is 9.30. The lowest BCUT2D eigenvalue weighted by atomic mass is 9.90. The normalized spacial score (nSPS) is 11.4. The molecule has 0 unspecified atom stereocenters. The third-order valence-electron chi connectivity index (χ3n) is 2.61. The van der Waals surface area contributed by atoms with Crippen LogP contribution in [0.5, 0.6) is 0 Å². The van der Waals surface area contributed by atoms with Gasteiger partial charge in [0.1, 0.15) is 0 Å². The summed E-state index contributed by atoms with van der Waals surface area (Å²) in [5.41, 5.74) is 7.94. The predicted octanol–water partition coefficient (Wildman–Crippen LogP) is 3.12. The highest BCUT2D eigenvalue weighted by molar-refractivity contribution is 5.54. The van der Waals surface area contributed by atoms with Gasteiger partial charge in [0, 0.05) is 17.9 Å². The molecule has 14 heavy (non-hydrogen) atoms. The Labute approximate surface area is 86.5 Å². The summed E-state index contributed by atoms with van der Waals surface area (Å²) < 4.78 is 0. The molecule has 2 heteroatoms. The Morgan fingerprint density at radius 1 is 1.36 bits per heavy atom. The SMILES string of the molecule is CCC(C)(C)CNc1cccc(N)c1. The van der Waals surface area contributed by atoms with E-state index in [0.29, 0.717) is 5.41 Å². The largest absolute Gasteiger partial charge is 0.399 e. The van der Waals surface area contributed by atoms with Crippen molar-refractivity contribution < 1.29 is 0 Å². The molecule has 0 fully saturated rings. The summed E-state index contributed by atoms with van der Waals surface area (Å²) in [6, 6.07) is 7.88. The van der Waals surface area contributed by atoms with Crippen LogP contribution in [0.15, 0.2) is 24.3 Å². The van der Waals surface area contributed by atoms with Crippen molar-refractivity contribution in [1.29, 1.82) is 0 Å². The Morgan fingerprint density at radius 3 is 2.64 bits per heavy atom. The lowest BCUT2D eigenvalue weighted by Crippen LogP contribution is -2.21. The van der Waals surface area contributed by atoms with E-state index in [1.165, 1.54) is 6.42 Å². The van der Waals surface area contributed by atoms with Gasteiger partial charge in [-0.25, -0.2) is 0 Å². The van der Waals surface area contributed by atoms with E-state index in [9.17, 15) is 0 Å². The first-order chi connectivity index (χ1) is 6.53. The molecule has 1 aromatic carbocycles. The maximum absolute atomic E-state index is 5.69. The third kappa shape index (κ3) is 3.29. The second-order valence-electron chi connectivity index (χ2n) is 4.50. The molecule has 0 amide bonds. The predicted molar refractivity (Wildman–Crippen MR) is 63.4 cm³/mol. The van der Waals surface area contributed by atoms with Crippen molar-refractivity contribution in [2.75, 3.05) is 17.6 Å². The molecule has 0 radical (unpaired) electrons. The number of anilines is 2. The summed E-state index contributed by atoms with van der Waals surface area (Å²) in [5.74, 6) is 0. The Bertz CT molecular complexity index is 292. The lowest BCUT2D eigenvalue weighted by molar-refractivity contribution is 0.377. The maximum atomic E-state index is 5.69. The molecule has 0 spiro atoms. The van der Waals surface area contributed by atoms with Gasteiger partial charge in [0.15, 0.2) is 0 Å². The van der Waals surface area contributed by atoms with Crippen molar-refractivity contribution in [3.8, 4) is 0 Å². The molecule has 1 rings (SSSR count). The third-order valence-corrected chi connectivity index (χ3v) is 2.61. The van der Waals surface area contributed by atoms with Crippen molar-refractivity contribution >= 4 is 11.4 Å². The smallest absolute Gasteiger partial charge is 0.0360 e. The van der Waals surface area contributed by atoms with Gasteiger partial charge in [0.05, 0.1) is 0 Å². The highest BCUT2D eigenvalue weighted by Crippen LogP contribution is 2.21. The van der Waals surface area contributed by atoms with Crippen molar-refractivity contribution in [1.82, 2.24) is 0 Å². The van der Waals surface area contributed by atoms with Crippen LogP contribution in [-0.4, -0.2) is 6.54 Å². The summed E-state index contributed by atoms with van der Waals surface area (Å²) in [6.07, 6.45) is 1.17. The number of nitrogen functional groups attached to an aromatic ring is 1. The molecule has 3 N–H and O–H groups in total. The van der Waals surface area contributed by atoms with Gasteiger partial charge in [0.25, 0.3) is 0 Å². The molecular weight excluding hydrogens is 172 g/mol. The van der Waals surface area contributed by atoms with Crippen LogP contribution in [-0.2, 0) is 0 Å². The molecule has 0 saturated heterocycles. The summed E-state index contributed by atoms with van der Waals surface area (Å²) >= 11 is 0. The van der Waals surface area contributed by atoms with E-state index in [1.807, 2.05) is 24.3 Å². The molecule has 2 nitrogen and oxygen atoms in total. The van der Waals surface area contributed by atoms with Gasteiger partial charge in [-0.2, -0.15) is 0 Å². The van der Waals surface area contributed by atoms with E-state index < -0.39 is 0 Å². The topological polar surface area (TPSA) is 38.0 Å². The van der Waals surface area contributed by atoms with E-state index in [-0.39, 0.29) is 0 Å². The van der Waals surface area contributed by atoms with Gasteiger partial charge in [-0.05, 0) is 30.0 Å². The van der Waals surface area contributed by atoms with E-state index in [1.54, 1.807) is 0 Å². The van der Waals surface area contributed by atoms with Gasteiger partial charge >= 0.3 is 0 Å². The van der Waals surface area contributed by atoms with Gasteiger partial charge in [-0.15, -0.1) is 0 Å². The average Bonchev–Trinajstić information content (AvgIpc) is 2.15. The van der Waals surface area contributed by atoms with Crippen molar-refractivity contribution in [3.63, 3.8) is 0 Å². The highest BCUT2D eigenvalue weighted by Gasteiger charge is 2.13. The van der Waals surface area contributed by atoms with Crippen molar-refractivity contribution in [2.45, 2.75) is 27.2 Å². The van der Waals surface area contributed by atoms with Crippen LogP contribution in [0.25, 0.3) is 0 Å². The van der Waals surface area contributed by atoms with Crippen LogP contribution >= 0.6 is 0 Å². The Kier molecular flexibility index (Phi) is 3.39. The quantitative estimate of drug-likeness (QED) is 0.719. The molecule has 0 aliphatic carbocycles. The Balaban J connectivity index is 2.54. The highest BCUT2D eigenvalue weighted by atomic mass is 14.9. The minimum atomic E-state index is 0.338. The van der Waals surface area contributed by atoms with Crippen LogP contribution in [0, 0.1) is 5.41 Å². The first kappa shape index (κ1) is 10.9. The molecule has 0 saturated carbocycles. The maximum Gasteiger partial charge on any atom is 0.0360 e. The monoisotopic (exact) mass is 192 g/mol. The van der Waals surface area contributed by atoms with Crippen molar-refractivity contribution in [3.05, 3.63) is 24.3 Å². The van der Waals surface area contributed by atoms with Crippen LogP contribution < -0.4 is 11.1 Å². The van der Waals surface area contributed by atoms with E-state index in [0.717, 1.165) is 17.9 Å². The summed E-state index contributed by atoms with van der Waals surface area (Å²) in [5, 5.41) is 3.40. The van der Waals surface area contributed by atoms with Gasteiger partial charge in [-0.3, -0.25) is 0 Å². The number of hydrogen-bond acceptors (Lipinski definition) is 2. The molecule has 78 valence electrons. The molecule has 1 aromatic rings. The fourth-order valence-electron chi connectivity index (χ4n) is 1.11. The fourth-order valence-corrected chi connectivity index (χ4v) is 1.11. The van der Waals surface area contributed by atoms with E-state index in [4.69, 9.17) is 5.73 Å². The number of benzene rings is 1. The molecule has 0 bridgehead atoms. The second kappa shape index (κ2) is 4.36. The Hall–Kier alpha value is -1.18. The molecule has 0 atom stereocenters. The second-order valence-corrected chi connectivity index (χ2v) is 4.50. The summed E-state index contributed by atoms with van der Waals surface area (Å²) in [7, 11) is 0. The average molecular weight is 192 g/mol. The molecule has 0 heterocycles. The van der Waals surface area contributed by atoms with E-state index in [2.05, 4.69) is 26.1 Å². The van der Waals surface area contributed by atoms with Crippen LogP contribution in [0.2, 0.25) is 0 Å². The van der Waals surface area contributed by atoms with Gasteiger partial charge in [0.2, 0.25) is 0 Å². The number of hydrogen-bond donors (Lipinski definition) is 2. The van der Waals surface area contributed by atoms with Gasteiger partial charge < -0.3 is 11.1 Å². The first-order valence-electron chi connectivity index (χ1n) is 5.13. The minimum absolute atomic E-state index is 0.338. The fraction of sp³-hybridized carbons (Fsp3) is 0.500. The molecular formula is C12H20N2. The zero-order chi connectivity index (χ0) is 10.6. The van der Waals surface area contributed by atoms with Crippen LogP contribution in [0.3, 0.4) is 0 Å². The molecule has 0 aliphatic rings. The first-order valence-corrected chi connectivity index (χ1v) is 5.13. The molecule has 0 aliphatic heterocycles. The van der Waals surface area contributed by atoms with E-state index >= 15 is 0 Å².